The molecule has 2 bridgehead atoms. The van der Waals surface area contributed by atoms with Gasteiger partial charge in [0.2, 0.25) is 11.8 Å². The van der Waals surface area contributed by atoms with Gasteiger partial charge in [0, 0.05) is 10.2 Å². The summed E-state index contributed by atoms with van der Waals surface area (Å²) in [6.45, 7) is 1.44. The Morgan fingerprint density at radius 2 is 1.67 bits per heavy atom. The maximum atomic E-state index is 12.9. The van der Waals surface area contributed by atoms with Crippen molar-refractivity contribution in [2.24, 2.45) is 23.7 Å². The minimum atomic E-state index is -0.654. The van der Waals surface area contributed by atoms with Crippen molar-refractivity contribution in [3.8, 4) is 0 Å². The SMILES string of the molecule is Cc1cc(Br)ccc1NC(=O)COC(=O)c1ccc(N2C(=O)[C@@H]3[C@H]4CC[C@@H](C4)[C@H]3C2=O)cc1. The standard InChI is InChI=1S/C25H23BrN2O5/c1-13-10-17(26)6-9-19(13)27-20(29)12-33-25(32)14-4-7-18(8-5-14)28-23(30)21-15-2-3-16(11-15)22(21)24(28)31/h4-10,15-16,21-22H,2-3,11-12H2,1H3,(H,27,29)/t15-,16-,21+,22+/m0/s1. The van der Waals surface area contributed by atoms with Crippen LogP contribution in [0.15, 0.2) is 46.9 Å². The first kappa shape index (κ1) is 21.8. The van der Waals surface area contributed by atoms with Crippen LogP contribution in [0.25, 0.3) is 0 Å². The van der Waals surface area contributed by atoms with Crippen LogP contribution in [0.3, 0.4) is 0 Å². The number of anilines is 2. The number of carbonyl (C=O) groups is 4. The van der Waals surface area contributed by atoms with Crippen LogP contribution in [0.2, 0.25) is 0 Å². The molecule has 2 aliphatic carbocycles. The number of nitrogens with one attached hydrogen (secondary N) is 1. The van der Waals surface area contributed by atoms with E-state index in [2.05, 4.69) is 21.2 Å². The molecular weight excluding hydrogens is 488 g/mol. The van der Waals surface area contributed by atoms with Crippen LogP contribution < -0.4 is 10.2 Å². The molecule has 3 aliphatic rings. The summed E-state index contributed by atoms with van der Waals surface area (Å²) >= 11 is 3.37. The summed E-state index contributed by atoms with van der Waals surface area (Å²) in [4.78, 5) is 51.7. The maximum absolute atomic E-state index is 12.9. The van der Waals surface area contributed by atoms with E-state index in [1.165, 1.54) is 17.0 Å². The number of nitrogens with zero attached hydrogens (tertiary/aromatic N) is 1. The van der Waals surface area contributed by atoms with Crippen molar-refractivity contribution >= 4 is 51.0 Å². The van der Waals surface area contributed by atoms with Crippen LogP contribution >= 0.6 is 15.9 Å². The zero-order chi connectivity index (χ0) is 23.3. The highest BCUT2D eigenvalue weighted by Gasteiger charge is 2.61. The Morgan fingerprint density at radius 1 is 1.03 bits per heavy atom. The molecule has 2 aromatic rings. The number of ether oxygens (including phenoxy) is 1. The molecule has 4 atom stereocenters. The van der Waals surface area contributed by atoms with Crippen molar-refractivity contribution in [2.75, 3.05) is 16.8 Å². The van der Waals surface area contributed by atoms with Gasteiger partial charge in [-0.2, -0.15) is 0 Å². The number of benzene rings is 2. The normalized spacial score (nSPS) is 25.3. The van der Waals surface area contributed by atoms with E-state index in [9.17, 15) is 19.2 Å². The second-order valence-corrected chi connectivity index (χ2v) is 9.94. The highest BCUT2D eigenvalue weighted by molar-refractivity contribution is 9.10. The molecule has 1 aliphatic heterocycles. The average molecular weight is 511 g/mol. The quantitative estimate of drug-likeness (QED) is 0.483. The molecule has 1 N–H and O–H groups in total. The van der Waals surface area contributed by atoms with Crippen LogP contribution in [-0.2, 0) is 19.1 Å². The molecule has 170 valence electrons. The lowest BCUT2D eigenvalue weighted by atomic mass is 9.81. The second-order valence-electron chi connectivity index (χ2n) is 9.03. The topological polar surface area (TPSA) is 92.8 Å². The van der Waals surface area contributed by atoms with Gasteiger partial charge < -0.3 is 10.1 Å². The summed E-state index contributed by atoms with van der Waals surface area (Å²) in [5.74, 6) is -1.06. The monoisotopic (exact) mass is 510 g/mol. The number of fused-ring (bicyclic) bond motifs is 5. The van der Waals surface area contributed by atoms with Gasteiger partial charge in [-0.3, -0.25) is 19.3 Å². The number of aryl methyl sites for hydroxylation is 1. The molecule has 7 nitrogen and oxygen atoms in total. The van der Waals surface area contributed by atoms with Gasteiger partial charge in [0.25, 0.3) is 5.91 Å². The number of rotatable bonds is 5. The third-order valence-electron chi connectivity index (χ3n) is 7.09. The molecule has 5 rings (SSSR count). The predicted molar refractivity (Wildman–Crippen MR) is 125 cm³/mol. The van der Waals surface area contributed by atoms with Gasteiger partial charge >= 0.3 is 5.97 Å². The molecule has 8 heteroatoms. The van der Waals surface area contributed by atoms with E-state index in [0.717, 1.165) is 29.3 Å². The van der Waals surface area contributed by atoms with Gasteiger partial charge in [-0.05, 0) is 86.1 Å². The lowest BCUT2D eigenvalue weighted by molar-refractivity contribution is -0.123. The summed E-state index contributed by atoms with van der Waals surface area (Å²) in [6.07, 6.45) is 3.04. The van der Waals surface area contributed by atoms with Crippen molar-refractivity contribution in [3.05, 3.63) is 58.1 Å². The summed E-state index contributed by atoms with van der Waals surface area (Å²) in [5.41, 5.74) is 2.23. The van der Waals surface area contributed by atoms with Crippen molar-refractivity contribution in [1.82, 2.24) is 0 Å². The van der Waals surface area contributed by atoms with E-state index >= 15 is 0 Å². The Balaban J connectivity index is 1.20. The zero-order valence-corrected chi connectivity index (χ0v) is 19.6. The summed E-state index contributed by atoms with van der Waals surface area (Å²) in [5, 5.41) is 2.71. The van der Waals surface area contributed by atoms with Gasteiger partial charge in [0.05, 0.1) is 23.1 Å². The highest BCUT2D eigenvalue weighted by atomic mass is 79.9. The first-order valence-electron chi connectivity index (χ1n) is 11.0. The fourth-order valence-corrected chi connectivity index (χ4v) is 6.05. The van der Waals surface area contributed by atoms with Crippen molar-refractivity contribution in [1.29, 1.82) is 0 Å². The Morgan fingerprint density at radius 3 is 2.27 bits per heavy atom. The Bertz CT molecular complexity index is 1130. The smallest absolute Gasteiger partial charge is 0.338 e. The highest BCUT2D eigenvalue weighted by Crippen LogP contribution is 2.56. The fraction of sp³-hybridized carbons (Fsp3) is 0.360. The lowest BCUT2D eigenvalue weighted by Gasteiger charge is -2.19. The van der Waals surface area contributed by atoms with Gasteiger partial charge in [-0.25, -0.2) is 4.79 Å². The molecule has 1 heterocycles. The number of carbonyl (C=O) groups excluding carboxylic acids is 4. The van der Waals surface area contributed by atoms with Crippen LogP contribution in [0.1, 0.15) is 35.2 Å². The number of esters is 1. The first-order valence-corrected chi connectivity index (χ1v) is 11.8. The molecule has 2 aromatic carbocycles. The van der Waals surface area contributed by atoms with E-state index < -0.39 is 18.5 Å². The molecule has 0 unspecified atom stereocenters. The molecule has 0 radical (unpaired) electrons. The number of halogens is 1. The minimum absolute atomic E-state index is 0.118. The molecule has 3 fully saturated rings. The molecule has 1 saturated heterocycles. The van der Waals surface area contributed by atoms with E-state index in [1.54, 1.807) is 18.2 Å². The second kappa shape index (κ2) is 8.41. The Hall–Kier alpha value is -3.00. The molecule has 0 aromatic heterocycles. The van der Waals surface area contributed by atoms with Crippen LogP contribution in [0.5, 0.6) is 0 Å². The maximum Gasteiger partial charge on any atom is 0.338 e. The molecule has 0 spiro atoms. The minimum Gasteiger partial charge on any atom is -0.452 e. The molecule has 33 heavy (non-hydrogen) atoms. The van der Waals surface area contributed by atoms with Crippen LogP contribution in [-0.4, -0.2) is 30.3 Å². The zero-order valence-electron chi connectivity index (χ0n) is 18.0. The van der Waals surface area contributed by atoms with E-state index in [-0.39, 0.29) is 29.2 Å². The molecular formula is C25H23BrN2O5. The van der Waals surface area contributed by atoms with Crippen molar-refractivity contribution in [2.45, 2.75) is 26.2 Å². The van der Waals surface area contributed by atoms with Crippen molar-refractivity contribution < 1.29 is 23.9 Å². The predicted octanol–water partition coefficient (Wildman–Crippen LogP) is 4.09. The lowest BCUT2D eigenvalue weighted by Crippen LogP contribution is -2.32. The number of amides is 3. The number of hydrogen-bond donors (Lipinski definition) is 1. The van der Waals surface area contributed by atoms with E-state index in [0.29, 0.717) is 23.2 Å². The summed E-state index contributed by atoms with van der Waals surface area (Å²) in [7, 11) is 0. The number of hydrogen-bond acceptors (Lipinski definition) is 5. The Labute approximate surface area is 199 Å². The average Bonchev–Trinajstić information content (AvgIpc) is 3.48. The third kappa shape index (κ3) is 3.86. The molecule has 2 saturated carbocycles. The molecule has 3 amide bonds. The first-order chi connectivity index (χ1) is 15.8. The summed E-state index contributed by atoms with van der Waals surface area (Å²) < 4.78 is 6.03. The van der Waals surface area contributed by atoms with Crippen molar-refractivity contribution in [3.63, 3.8) is 0 Å². The fourth-order valence-electron chi connectivity index (χ4n) is 5.58. The van der Waals surface area contributed by atoms with Gasteiger partial charge in [-0.15, -0.1) is 0 Å². The van der Waals surface area contributed by atoms with Gasteiger partial charge in [-0.1, -0.05) is 15.9 Å². The van der Waals surface area contributed by atoms with Gasteiger partial charge in [0.15, 0.2) is 6.61 Å². The van der Waals surface area contributed by atoms with Crippen LogP contribution in [0, 0.1) is 30.6 Å². The Kier molecular flexibility index (Phi) is 5.56. The van der Waals surface area contributed by atoms with Gasteiger partial charge in [0.1, 0.15) is 0 Å². The van der Waals surface area contributed by atoms with E-state index in [4.69, 9.17) is 4.74 Å². The summed E-state index contributed by atoms with van der Waals surface area (Å²) in [6, 6.07) is 11.6. The largest absolute Gasteiger partial charge is 0.452 e. The van der Waals surface area contributed by atoms with E-state index in [1.807, 2.05) is 19.1 Å². The number of imide groups is 1. The van der Waals surface area contributed by atoms with Crippen LogP contribution in [0.4, 0.5) is 11.4 Å². The third-order valence-corrected chi connectivity index (χ3v) is 7.58.